The summed E-state index contributed by atoms with van der Waals surface area (Å²) in [6.07, 6.45) is 0.909. The van der Waals surface area contributed by atoms with Gasteiger partial charge in [-0.15, -0.1) is 0 Å². The van der Waals surface area contributed by atoms with Crippen LogP contribution in [-0.2, 0) is 11.2 Å². The number of halogens is 1. The van der Waals surface area contributed by atoms with Gasteiger partial charge in [-0.3, -0.25) is 0 Å². The summed E-state index contributed by atoms with van der Waals surface area (Å²) in [5.74, 6) is -0.207. The number of hydrogen-bond acceptors (Lipinski definition) is 3. The summed E-state index contributed by atoms with van der Waals surface area (Å²) in [6, 6.07) is 4.70. The van der Waals surface area contributed by atoms with Crippen molar-refractivity contribution in [2.75, 3.05) is 20.8 Å². The van der Waals surface area contributed by atoms with Crippen molar-refractivity contribution >= 4 is 0 Å². The van der Waals surface area contributed by atoms with E-state index in [0.717, 1.165) is 5.56 Å². The normalized spacial score (nSPS) is 14.4. The maximum atomic E-state index is 13.5. The average molecular weight is 242 g/mol. The van der Waals surface area contributed by atoms with Gasteiger partial charge in [0.05, 0.1) is 19.3 Å². The summed E-state index contributed by atoms with van der Waals surface area (Å²) in [4.78, 5) is 0. The van der Waals surface area contributed by atoms with Crippen LogP contribution in [0.15, 0.2) is 18.2 Å². The van der Waals surface area contributed by atoms with Gasteiger partial charge in [0.15, 0.2) is 11.6 Å². The van der Waals surface area contributed by atoms with E-state index in [1.54, 1.807) is 12.1 Å². The van der Waals surface area contributed by atoms with Gasteiger partial charge in [-0.25, -0.2) is 4.39 Å². The molecule has 1 atom stereocenters. The Morgan fingerprint density at radius 3 is 2.53 bits per heavy atom. The molecule has 0 spiro atoms. The first-order valence-corrected chi connectivity index (χ1v) is 5.58. The fourth-order valence-corrected chi connectivity index (χ4v) is 1.75. The SMILES string of the molecule is CCC(O)(COC)Cc1ccc(OC)c(F)c1. The van der Waals surface area contributed by atoms with Crippen molar-refractivity contribution in [1.29, 1.82) is 0 Å². The summed E-state index contributed by atoms with van der Waals surface area (Å²) >= 11 is 0. The molecule has 0 heterocycles. The lowest BCUT2D eigenvalue weighted by Gasteiger charge is -2.26. The van der Waals surface area contributed by atoms with Crippen LogP contribution in [0.2, 0.25) is 0 Å². The Labute approximate surface area is 101 Å². The number of rotatable bonds is 6. The number of ether oxygens (including phenoxy) is 2. The molecule has 4 heteroatoms. The van der Waals surface area contributed by atoms with E-state index < -0.39 is 11.4 Å². The summed E-state index contributed by atoms with van der Waals surface area (Å²) in [6.45, 7) is 2.11. The van der Waals surface area contributed by atoms with Crippen LogP contribution in [0.1, 0.15) is 18.9 Å². The Balaban J connectivity index is 2.83. The molecule has 96 valence electrons. The van der Waals surface area contributed by atoms with E-state index in [2.05, 4.69) is 0 Å². The molecule has 3 nitrogen and oxygen atoms in total. The molecule has 0 aliphatic rings. The number of methoxy groups -OCH3 is 2. The van der Waals surface area contributed by atoms with Gasteiger partial charge in [0.2, 0.25) is 0 Å². The molecule has 1 N–H and O–H groups in total. The second-order valence-corrected chi connectivity index (χ2v) is 4.16. The molecule has 0 amide bonds. The second kappa shape index (κ2) is 5.98. The Kier molecular flexibility index (Phi) is 4.90. The van der Waals surface area contributed by atoms with E-state index in [1.165, 1.54) is 20.3 Å². The fourth-order valence-electron chi connectivity index (χ4n) is 1.75. The van der Waals surface area contributed by atoms with Crippen molar-refractivity contribution in [2.45, 2.75) is 25.4 Å². The van der Waals surface area contributed by atoms with Crippen molar-refractivity contribution in [3.8, 4) is 5.75 Å². The molecule has 0 bridgehead atoms. The first kappa shape index (κ1) is 13.9. The highest BCUT2D eigenvalue weighted by Gasteiger charge is 2.25. The lowest BCUT2D eigenvalue weighted by molar-refractivity contribution is -0.0333. The number of hydrogen-bond donors (Lipinski definition) is 1. The largest absolute Gasteiger partial charge is 0.494 e. The third-order valence-corrected chi connectivity index (χ3v) is 2.82. The molecule has 0 aliphatic carbocycles. The van der Waals surface area contributed by atoms with Crippen LogP contribution in [0.5, 0.6) is 5.75 Å². The predicted molar refractivity (Wildman–Crippen MR) is 63.8 cm³/mol. The van der Waals surface area contributed by atoms with Crippen LogP contribution in [0.25, 0.3) is 0 Å². The number of benzene rings is 1. The topological polar surface area (TPSA) is 38.7 Å². The van der Waals surface area contributed by atoms with Crippen molar-refractivity contribution in [3.05, 3.63) is 29.6 Å². The fraction of sp³-hybridized carbons (Fsp3) is 0.538. The Morgan fingerprint density at radius 2 is 2.06 bits per heavy atom. The minimum Gasteiger partial charge on any atom is -0.494 e. The third kappa shape index (κ3) is 3.68. The molecule has 1 aromatic carbocycles. The smallest absolute Gasteiger partial charge is 0.165 e. The molecular formula is C13H19FO3. The number of aliphatic hydroxyl groups is 1. The molecule has 0 saturated carbocycles. The van der Waals surface area contributed by atoms with E-state index >= 15 is 0 Å². The zero-order chi connectivity index (χ0) is 12.9. The highest BCUT2D eigenvalue weighted by Crippen LogP contribution is 2.22. The molecule has 1 rings (SSSR count). The molecular weight excluding hydrogens is 223 g/mol. The summed E-state index contributed by atoms with van der Waals surface area (Å²) in [7, 11) is 2.96. The van der Waals surface area contributed by atoms with Crippen molar-refractivity contribution in [3.63, 3.8) is 0 Å². The van der Waals surface area contributed by atoms with Crippen molar-refractivity contribution in [2.24, 2.45) is 0 Å². The third-order valence-electron chi connectivity index (χ3n) is 2.82. The standard InChI is InChI=1S/C13H19FO3/c1-4-13(15,9-16-2)8-10-5-6-12(17-3)11(14)7-10/h5-7,15H,4,8-9H2,1-3H3. The molecule has 1 aromatic rings. The van der Waals surface area contributed by atoms with E-state index in [-0.39, 0.29) is 12.4 Å². The van der Waals surface area contributed by atoms with Gasteiger partial charge < -0.3 is 14.6 Å². The maximum absolute atomic E-state index is 13.5. The minimum absolute atomic E-state index is 0.209. The zero-order valence-electron chi connectivity index (χ0n) is 10.5. The van der Waals surface area contributed by atoms with Gasteiger partial charge in [-0.2, -0.15) is 0 Å². The lowest BCUT2D eigenvalue weighted by Crippen LogP contribution is -2.35. The summed E-state index contributed by atoms with van der Waals surface area (Å²) in [5, 5.41) is 10.2. The molecule has 0 fully saturated rings. The van der Waals surface area contributed by atoms with Crippen LogP contribution in [0.3, 0.4) is 0 Å². The summed E-state index contributed by atoms with van der Waals surface area (Å²) in [5.41, 5.74) is -0.222. The van der Waals surface area contributed by atoms with Crippen LogP contribution >= 0.6 is 0 Å². The highest BCUT2D eigenvalue weighted by atomic mass is 19.1. The lowest BCUT2D eigenvalue weighted by atomic mass is 9.92. The van der Waals surface area contributed by atoms with E-state index in [9.17, 15) is 9.50 Å². The maximum Gasteiger partial charge on any atom is 0.165 e. The van der Waals surface area contributed by atoms with E-state index in [4.69, 9.17) is 9.47 Å². The van der Waals surface area contributed by atoms with Crippen LogP contribution in [0.4, 0.5) is 4.39 Å². The molecule has 0 radical (unpaired) electrons. The van der Waals surface area contributed by atoms with Gasteiger partial charge in [0, 0.05) is 13.5 Å². The van der Waals surface area contributed by atoms with Gasteiger partial charge >= 0.3 is 0 Å². The van der Waals surface area contributed by atoms with E-state index in [1.807, 2.05) is 6.92 Å². The Bertz CT molecular complexity index is 368. The highest BCUT2D eigenvalue weighted by molar-refractivity contribution is 5.30. The van der Waals surface area contributed by atoms with Crippen LogP contribution in [0, 0.1) is 5.82 Å². The van der Waals surface area contributed by atoms with Gasteiger partial charge in [-0.1, -0.05) is 13.0 Å². The van der Waals surface area contributed by atoms with E-state index in [0.29, 0.717) is 12.8 Å². The molecule has 1 unspecified atom stereocenters. The molecule has 0 aromatic heterocycles. The predicted octanol–water partition coefficient (Wildman–Crippen LogP) is 2.16. The van der Waals surface area contributed by atoms with Crippen LogP contribution in [-0.4, -0.2) is 31.5 Å². The molecule has 17 heavy (non-hydrogen) atoms. The second-order valence-electron chi connectivity index (χ2n) is 4.16. The monoisotopic (exact) mass is 242 g/mol. The Hall–Kier alpha value is -1.13. The zero-order valence-corrected chi connectivity index (χ0v) is 10.5. The summed E-state index contributed by atoms with van der Waals surface area (Å²) < 4.78 is 23.3. The van der Waals surface area contributed by atoms with Gasteiger partial charge in [0.1, 0.15) is 0 Å². The van der Waals surface area contributed by atoms with Gasteiger partial charge in [0.25, 0.3) is 0 Å². The first-order chi connectivity index (χ1) is 8.04. The minimum atomic E-state index is -0.949. The van der Waals surface area contributed by atoms with Crippen LogP contribution < -0.4 is 4.74 Å². The molecule has 0 aliphatic heterocycles. The quantitative estimate of drug-likeness (QED) is 0.830. The Morgan fingerprint density at radius 1 is 1.35 bits per heavy atom. The van der Waals surface area contributed by atoms with Gasteiger partial charge in [-0.05, 0) is 24.1 Å². The van der Waals surface area contributed by atoms with Crippen molar-refractivity contribution in [1.82, 2.24) is 0 Å². The molecule has 0 saturated heterocycles. The first-order valence-electron chi connectivity index (χ1n) is 5.58. The van der Waals surface area contributed by atoms with Crippen molar-refractivity contribution < 1.29 is 19.0 Å². The average Bonchev–Trinajstić information content (AvgIpc) is 2.29.